The van der Waals surface area contributed by atoms with Gasteiger partial charge in [-0.1, -0.05) is 0 Å². The zero-order chi connectivity index (χ0) is 11.3. The monoisotopic (exact) mass is 209 g/mol. The van der Waals surface area contributed by atoms with E-state index in [1.807, 2.05) is 0 Å². The molecule has 6 heteroatoms. The lowest BCUT2D eigenvalue weighted by molar-refractivity contribution is -0.139. The fourth-order valence-corrected chi connectivity index (χ4v) is 0.911. The van der Waals surface area contributed by atoms with E-state index in [4.69, 9.17) is 21.3 Å². The highest BCUT2D eigenvalue weighted by molar-refractivity contribution is 5.79. The van der Waals surface area contributed by atoms with Crippen molar-refractivity contribution in [2.24, 2.45) is 16.5 Å². The molecule has 0 fully saturated rings. The summed E-state index contributed by atoms with van der Waals surface area (Å²) in [5.74, 6) is -0.607. The van der Waals surface area contributed by atoms with E-state index in [1.54, 1.807) is 24.3 Å². The Balaban J connectivity index is 2.64. The van der Waals surface area contributed by atoms with Crippen LogP contribution in [0.5, 0.6) is 5.75 Å². The summed E-state index contributed by atoms with van der Waals surface area (Å²) in [5, 5.41) is 8.37. The van der Waals surface area contributed by atoms with Crippen molar-refractivity contribution in [1.29, 1.82) is 0 Å². The molecule has 0 aromatic heterocycles. The number of carboxylic acids is 1. The quantitative estimate of drug-likeness (QED) is 0.479. The van der Waals surface area contributed by atoms with Gasteiger partial charge < -0.3 is 21.3 Å². The zero-order valence-electron chi connectivity index (χ0n) is 7.88. The van der Waals surface area contributed by atoms with Crippen LogP contribution in [-0.4, -0.2) is 23.6 Å². The van der Waals surface area contributed by atoms with E-state index in [9.17, 15) is 4.79 Å². The van der Waals surface area contributed by atoms with Gasteiger partial charge in [-0.15, -0.1) is 0 Å². The first-order chi connectivity index (χ1) is 7.08. The topological polar surface area (TPSA) is 111 Å². The Morgan fingerprint density at radius 2 is 1.93 bits per heavy atom. The minimum atomic E-state index is -1.02. The van der Waals surface area contributed by atoms with E-state index in [0.29, 0.717) is 11.4 Å². The zero-order valence-corrected chi connectivity index (χ0v) is 7.88. The van der Waals surface area contributed by atoms with Gasteiger partial charge in [0, 0.05) is 0 Å². The molecule has 6 nitrogen and oxygen atoms in total. The van der Waals surface area contributed by atoms with Gasteiger partial charge >= 0.3 is 5.97 Å². The summed E-state index contributed by atoms with van der Waals surface area (Å²) in [6.45, 7) is -0.373. The number of guanidine groups is 1. The smallest absolute Gasteiger partial charge is 0.341 e. The molecular formula is C9H11N3O3. The van der Waals surface area contributed by atoms with Crippen molar-refractivity contribution in [1.82, 2.24) is 0 Å². The molecular weight excluding hydrogens is 198 g/mol. The Kier molecular flexibility index (Phi) is 3.50. The van der Waals surface area contributed by atoms with Crippen LogP contribution in [0.25, 0.3) is 0 Å². The minimum absolute atomic E-state index is 0.0331. The third kappa shape index (κ3) is 3.99. The summed E-state index contributed by atoms with van der Waals surface area (Å²) < 4.78 is 4.92. The highest BCUT2D eigenvalue weighted by Gasteiger charge is 1.98. The van der Waals surface area contributed by atoms with Crippen LogP contribution in [0, 0.1) is 0 Å². The Morgan fingerprint density at radius 3 is 2.40 bits per heavy atom. The Bertz CT molecular complexity index is 369. The molecule has 0 saturated heterocycles. The predicted molar refractivity (Wildman–Crippen MR) is 55.0 cm³/mol. The summed E-state index contributed by atoms with van der Waals surface area (Å²) in [4.78, 5) is 14.0. The Labute approximate surface area is 86.2 Å². The van der Waals surface area contributed by atoms with Gasteiger partial charge in [0.2, 0.25) is 0 Å². The third-order valence-corrected chi connectivity index (χ3v) is 1.46. The van der Waals surface area contributed by atoms with Crippen LogP contribution in [0.4, 0.5) is 5.69 Å². The van der Waals surface area contributed by atoms with E-state index in [0.717, 1.165) is 0 Å². The molecule has 0 heterocycles. The number of nitrogens with zero attached hydrogens (tertiary/aromatic N) is 1. The molecule has 0 saturated carbocycles. The summed E-state index contributed by atoms with van der Waals surface area (Å²) in [6, 6.07) is 6.42. The molecule has 1 rings (SSSR count). The standard InChI is InChI=1S/C9H11N3O3/c10-9(11)12-6-1-3-7(4-2-6)15-5-8(13)14/h1-4H,5H2,(H,13,14)(H4,10,11,12). The average molecular weight is 209 g/mol. The maximum atomic E-state index is 10.2. The van der Waals surface area contributed by atoms with Gasteiger partial charge in [-0.2, -0.15) is 0 Å². The second-order valence-corrected chi connectivity index (χ2v) is 2.71. The summed E-state index contributed by atoms with van der Waals surface area (Å²) in [5.41, 5.74) is 10.9. The normalized spacial score (nSPS) is 9.33. The van der Waals surface area contributed by atoms with Crippen molar-refractivity contribution in [3.8, 4) is 5.75 Å². The number of ether oxygens (including phenoxy) is 1. The number of rotatable bonds is 4. The van der Waals surface area contributed by atoms with E-state index >= 15 is 0 Å². The molecule has 0 aliphatic heterocycles. The molecule has 15 heavy (non-hydrogen) atoms. The third-order valence-electron chi connectivity index (χ3n) is 1.46. The molecule has 0 spiro atoms. The lowest BCUT2D eigenvalue weighted by Crippen LogP contribution is -2.21. The molecule has 5 N–H and O–H groups in total. The van der Waals surface area contributed by atoms with Crippen LogP contribution < -0.4 is 16.2 Å². The number of hydrogen-bond donors (Lipinski definition) is 3. The SMILES string of the molecule is NC(N)=Nc1ccc(OCC(=O)O)cc1. The number of aliphatic imine (C=N–C) groups is 1. The van der Waals surface area contributed by atoms with Gasteiger partial charge in [0.25, 0.3) is 0 Å². The van der Waals surface area contributed by atoms with Crippen LogP contribution in [0.15, 0.2) is 29.3 Å². The number of hydrogen-bond acceptors (Lipinski definition) is 3. The second kappa shape index (κ2) is 4.85. The van der Waals surface area contributed by atoms with Crippen molar-refractivity contribution in [2.75, 3.05) is 6.61 Å². The number of carbonyl (C=O) groups is 1. The van der Waals surface area contributed by atoms with Gasteiger partial charge in [0.05, 0.1) is 5.69 Å². The van der Waals surface area contributed by atoms with Crippen molar-refractivity contribution < 1.29 is 14.6 Å². The molecule has 0 atom stereocenters. The molecule has 0 amide bonds. The Hall–Kier alpha value is -2.24. The predicted octanol–water partition coefficient (Wildman–Crippen LogP) is 0.0549. The van der Waals surface area contributed by atoms with Gasteiger partial charge in [-0.05, 0) is 24.3 Å². The maximum Gasteiger partial charge on any atom is 0.341 e. The summed E-state index contributed by atoms with van der Waals surface area (Å²) >= 11 is 0. The highest BCUT2D eigenvalue weighted by Crippen LogP contribution is 2.17. The lowest BCUT2D eigenvalue weighted by atomic mass is 10.3. The van der Waals surface area contributed by atoms with Crippen LogP contribution in [0.1, 0.15) is 0 Å². The molecule has 80 valence electrons. The maximum absolute atomic E-state index is 10.2. The van der Waals surface area contributed by atoms with Gasteiger partial charge in [-0.25, -0.2) is 9.79 Å². The van der Waals surface area contributed by atoms with Crippen molar-refractivity contribution in [3.63, 3.8) is 0 Å². The number of carboxylic acid groups (broad SMARTS) is 1. The van der Waals surface area contributed by atoms with E-state index in [1.165, 1.54) is 0 Å². The van der Waals surface area contributed by atoms with E-state index < -0.39 is 5.97 Å². The van der Waals surface area contributed by atoms with Crippen molar-refractivity contribution >= 4 is 17.6 Å². The van der Waals surface area contributed by atoms with Crippen molar-refractivity contribution in [2.45, 2.75) is 0 Å². The first kappa shape index (κ1) is 10.8. The number of aliphatic carboxylic acids is 1. The first-order valence-corrected chi connectivity index (χ1v) is 4.12. The van der Waals surface area contributed by atoms with Crippen LogP contribution in [0.3, 0.4) is 0 Å². The molecule has 0 radical (unpaired) electrons. The van der Waals surface area contributed by atoms with Gasteiger partial charge in [-0.3, -0.25) is 0 Å². The second-order valence-electron chi connectivity index (χ2n) is 2.71. The number of nitrogens with two attached hydrogens (primary N) is 2. The Morgan fingerprint density at radius 1 is 1.33 bits per heavy atom. The molecule has 0 bridgehead atoms. The van der Waals surface area contributed by atoms with Gasteiger partial charge in [0.15, 0.2) is 12.6 Å². The number of benzene rings is 1. The van der Waals surface area contributed by atoms with Gasteiger partial charge in [0.1, 0.15) is 5.75 Å². The fraction of sp³-hybridized carbons (Fsp3) is 0.111. The molecule has 0 aliphatic carbocycles. The lowest BCUT2D eigenvalue weighted by Gasteiger charge is -2.02. The first-order valence-electron chi connectivity index (χ1n) is 4.12. The van der Waals surface area contributed by atoms with Crippen LogP contribution >= 0.6 is 0 Å². The molecule has 1 aromatic carbocycles. The minimum Gasteiger partial charge on any atom is -0.482 e. The summed E-state index contributed by atoms with van der Waals surface area (Å²) in [6.07, 6.45) is 0. The molecule has 0 unspecified atom stereocenters. The van der Waals surface area contributed by atoms with E-state index in [2.05, 4.69) is 4.99 Å². The van der Waals surface area contributed by atoms with E-state index in [-0.39, 0.29) is 12.6 Å². The summed E-state index contributed by atoms with van der Waals surface area (Å²) in [7, 11) is 0. The average Bonchev–Trinajstić information content (AvgIpc) is 2.16. The molecule has 1 aromatic rings. The largest absolute Gasteiger partial charge is 0.482 e. The van der Waals surface area contributed by atoms with Crippen molar-refractivity contribution in [3.05, 3.63) is 24.3 Å². The van der Waals surface area contributed by atoms with Crippen LogP contribution in [0.2, 0.25) is 0 Å². The molecule has 0 aliphatic rings. The fourth-order valence-electron chi connectivity index (χ4n) is 0.911. The highest BCUT2D eigenvalue weighted by atomic mass is 16.5. The van der Waals surface area contributed by atoms with Crippen LogP contribution in [-0.2, 0) is 4.79 Å².